The molecular formula is C18H21FN4O6. The molecule has 1 heterocycles. The van der Waals surface area contributed by atoms with Crippen LogP contribution in [0.4, 0.5) is 26.5 Å². The molecule has 0 unspecified atom stereocenters. The van der Waals surface area contributed by atoms with Crippen LogP contribution in [0.1, 0.15) is 18.9 Å². The number of pyridine rings is 1. The van der Waals surface area contributed by atoms with Gasteiger partial charge in [0, 0.05) is 6.54 Å². The molecule has 0 saturated heterocycles. The van der Waals surface area contributed by atoms with Gasteiger partial charge in [-0.05, 0) is 36.8 Å². The third-order valence-electron chi connectivity index (χ3n) is 3.13. The van der Waals surface area contributed by atoms with E-state index in [0.29, 0.717) is 18.1 Å². The second-order valence-corrected chi connectivity index (χ2v) is 5.42. The summed E-state index contributed by atoms with van der Waals surface area (Å²) in [6.45, 7) is 2.47. The van der Waals surface area contributed by atoms with E-state index in [2.05, 4.69) is 15.6 Å². The number of nitrogens with one attached hydrogen (secondary N) is 2. The Morgan fingerprint density at radius 2 is 1.72 bits per heavy atom. The van der Waals surface area contributed by atoms with Crippen molar-refractivity contribution in [3.8, 4) is 0 Å². The van der Waals surface area contributed by atoms with Gasteiger partial charge in [-0.3, -0.25) is 14.9 Å². The highest BCUT2D eigenvalue weighted by molar-refractivity contribution is 5.89. The van der Waals surface area contributed by atoms with Crippen molar-refractivity contribution < 1.29 is 33.7 Å². The molecule has 10 nitrogen and oxygen atoms in total. The Hall–Kier alpha value is -3.89. The third kappa shape index (κ3) is 9.56. The molecule has 0 spiro atoms. The normalized spacial score (nSPS) is 9.59. The largest absolute Gasteiger partial charge is 0.481 e. The average Bonchev–Trinajstić information content (AvgIpc) is 2.63. The summed E-state index contributed by atoms with van der Waals surface area (Å²) in [5, 5.41) is 21.0. The van der Waals surface area contributed by atoms with Gasteiger partial charge in [-0.25, -0.2) is 14.2 Å². The van der Waals surface area contributed by atoms with Crippen molar-refractivity contribution in [3.63, 3.8) is 0 Å². The zero-order chi connectivity index (χ0) is 21.8. The molecule has 0 radical (unpaired) electrons. The first-order chi connectivity index (χ1) is 13.7. The summed E-state index contributed by atoms with van der Waals surface area (Å²) < 4.78 is 17.6. The number of benzene rings is 1. The Labute approximate surface area is 165 Å². The summed E-state index contributed by atoms with van der Waals surface area (Å²) in [7, 11) is 0. The van der Waals surface area contributed by atoms with E-state index in [1.807, 2.05) is 0 Å². The lowest BCUT2D eigenvalue weighted by Gasteiger charge is -2.10. The van der Waals surface area contributed by atoms with Crippen LogP contribution in [-0.2, 0) is 20.9 Å². The van der Waals surface area contributed by atoms with Gasteiger partial charge in [0.15, 0.2) is 0 Å². The molecule has 0 aliphatic rings. The number of nitrogens with two attached hydrogens (primary N) is 1. The number of carbonyl (C=O) groups excluding carboxylic acids is 1. The van der Waals surface area contributed by atoms with E-state index in [1.165, 1.54) is 12.1 Å². The molecule has 0 fully saturated rings. The zero-order valence-electron chi connectivity index (χ0n) is 15.5. The second-order valence-electron chi connectivity index (χ2n) is 5.42. The number of halogens is 1. The fourth-order valence-electron chi connectivity index (χ4n) is 1.88. The van der Waals surface area contributed by atoms with E-state index < -0.39 is 24.5 Å². The summed E-state index contributed by atoms with van der Waals surface area (Å²) in [5.41, 5.74) is 7.08. The second kappa shape index (κ2) is 11.7. The number of aliphatic carboxylic acids is 2. The van der Waals surface area contributed by atoms with Gasteiger partial charge in [0.2, 0.25) is 0 Å². The van der Waals surface area contributed by atoms with Gasteiger partial charge < -0.3 is 26.0 Å². The van der Waals surface area contributed by atoms with Crippen LogP contribution in [0.5, 0.6) is 0 Å². The lowest BCUT2D eigenvalue weighted by molar-refractivity contribution is -0.147. The monoisotopic (exact) mass is 408 g/mol. The summed E-state index contributed by atoms with van der Waals surface area (Å²) in [6.07, 6.45) is -1.39. The van der Waals surface area contributed by atoms with E-state index in [-0.39, 0.29) is 18.2 Å². The van der Waals surface area contributed by atoms with Crippen molar-refractivity contribution in [2.45, 2.75) is 19.9 Å². The molecule has 11 heteroatoms. The predicted octanol–water partition coefficient (Wildman–Crippen LogP) is 2.53. The number of carboxylic acids is 2. The van der Waals surface area contributed by atoms with Gasteiger partial charge in [-0.1, -0.05) is 12.1 Å². The van der Waals surface area contributed by atoms with Crippen LogP contribution >= 0.6 is 0 Å². The van der Waals surface area contributed by atoms with Crippen molar-refractivity contribution >= 4 is 35.4 Å². The zero-order valence-corrected chi connectivity index (χ0v) is 15.5. The van der Waals surface area contributed by atoms with Crippen LogP contribution < -0.4 is 16.4 Å². The van der Waals surface area contributed by atoms with Crippen LogP contribution in [0, 0.1) is 5.82 Å². The van der Waals surface area contributed by atoms with Crippen LogP contribution in [0.3, 0.4) is 0 Å². The van der Waals surface area contributed by atoms with Crippen LogP contribution in [0.15, 0.2) is 36.4 Å². The van der Waals surface area contributed by atoms with Crippen molar-refractivity contribution in [3.05, 3.63) is 47.8 Å². The van der Waals surface area contributed by atoms with Crippen LogP contribution in [0.2, 0.25) is 0 Å². The van der Waals surface area contributed by atoms with Gasteiger partial charge in [0.25, 0.3) is 0 Å². The number of nitrogens with zero attached hydrogens (tertiary/aromatic N) is 1. The first kappa shape index (κ1) is 23.1. The number of rotatable bonds is 7. The molecule has 1 aromatic carbocycles. The molecule has 0 atom stereocenters. The van der Waals surface area contributed by atoms with Crippen molar-refractivity contribution in [2.75, 3.05) is 23.0 Å². The van der Waals surface area contributed by atoms with Gasteiger partial charge >= 0.3 is 18.0 Å². The maximum atomic E-state index is 12.8. The van der Waals surface area contributed by atoms with Gasteiger partial charge in [0.1, 0.15) is 23.9 Å². The van der Waals surface area contributed by atoms with Crippen LogP contribution in [-0.4, -0.2) is 39.8 Å². The maximum absolute atomic E-state index is 12.8. The number of hydrogen-bond acceptors (Lipinski definition) is 7. The number of anilines is 3. The number of carbonyl (C=O) groups is 3. The fourth-order valence-corrected chi connectivity index (χ4v) is 1.88. The van der Waals surface area contributed by atoms with Gasteiger partial charge in [-0.2, -0.15) is 0 Å². The summed E-state index contributed by atoms with van der Waals surface area (Å²) >= 11 is 0. The molecule has 1 amide bonds. The number of nitrogen functional groups attached to an aromatic ring is 1. The quantitative estimate of drug-likeness (QED) is 0.433. The van der Waals surface area contributed by atoms with E-state index in [9.17, 15) is 18.8 Å². The standard InChI is InChI=1S/C15H17FN4O2.C3H4O4/c1-2-22-15(21)19-12-7-8-13(20-14(12)17)18-9-10-3-5-11(16)6-4-10;4-2(5)1-3(6)7/h3-8H,2,9H2,1H3,(H,19,21)(H3,17,18,20);1H2,(H,4,5)(H,6,7). The minimum Gasteiger partial charge on any atom is -0.481 e. The van der Waals surface area contributed by atoms with E-state index in [4.69, 9.17) is 20.7 Å². The maximum Gasteiger partial charge on any atom is 0.411 e. The molecular weight excluding hydrogens is 387 g/mol. The summed E-state index contributed by atoms with van der Waals surface area (Å²) in [4.78, 5) is 34.3. The Kier molecular flexibility index (Phi) is 9.38. The SMILES string of the molecule is CCOC(=O)Nc1ccc(NCc2ccc(F)cc2)nc1N.O=C(O)CC(=O)O. The number of amides is 1. The highest BCUT2D eigenvalue weighted by Crippen LogP contribution is 2.19. The number of hydrogen-bond donors (Lipinski definition) is 5. The van der Waals surface area contributed by atoms with E-state index >= 15 is 0 Å². The molecule has 1 aromatic heterocycles. The average molecular weight is 408 g/mol. The molecule has 0 aliphatic carbocycles. The molecule has 0 aliphatic heterocycles. The molecule has 2 aromatic rings. The lowest BCUT2D eigenvalue weighted by atomic mass is 10.2. The highest BCUT2D eigenvalue weighted by atomic mass is 19.1. The molecule has 0 bridgehead atoms. The molecule has 29 heavy (non-hydrogen) atoms. The van der Waals surface area contributed by atoms with Crippen molar-refractivity contribution in [2.24, 2.45) is 0 Å². The lowest BCUT2D eigenvalue weighted by Crippen LogP contribution is -2.15. The van der Waals surface area contributed by atoms with Crippen molar-refractivity contribution in [1.29, 1.82) is 0 Å². The first-order valence-corrected chi connectivity index (χ1v) is 8.33. The smallest absolute Gasteiger partial charge is 0.411 e. The first-order valence-electron chi connectivity index (χ1n) is 8.33. The molecule has 2 rings (SSSR count). The third-order valence-corrected chi connectivity index (χ3v) is 3.13. The summed E-state index contributed by atoms with van der Waals surface area (Å²) in [5.74, 6) is -2.17. The van der Waals surface area contributed by atoms with E-state index in [1.54, 1.807) is 31.2 Å². The minimum absolute atomic E-state index is 0.178. The Balaban J connectivity index is 0.000000516. The van der Waals surface area contributed by atoms with E-state index in [0.717, 1.165) is 5.56 Å². The van der Waals surface area contributed by atoms with Gasteiger partial charge in [0.05, 0.1) is 12.3 Å². The minimum atomic E-state index is -1.31. The Morgan fingerprint density at radius 3 is 2.21 bits per heavy atom. The Morgan fingerprint density at radius 1 is 1.10 bits per heavy atom. The molecule has 0 saturated carbocycles. The Bertz CT molecular complexity index is 833. The van der Waals surface area contributed by atoms with Crippen LogP contribution in [0.25, 0.3) is 0 Å². The topological polar surface area (TPSA) is 164 Å². The number of carboxylic acid groups (broad SMARTS) is 2. The molecule has 156 valence electrons. The fraction of sp³-hybridized carbons (Fsp3) is 0.222. The van der Waals surface area contributed by atoms with Crippen molar-refractivity contribution in [1.82, 2.24) is 4.98 Å². The molecule has 6 N–H and O–H groups in total. The van der Waals surface area contributed by atoms with Gasteiger partial charge in [-0.15, -0.1) is 0 Å². The number of aromatic nitrogens is 1. The number of ether oxygens (including phenoxy) is 1. The predicted molar refractivity (Wildman–Crippen MR) is 103 cm³/mol. The summed E-state index contributed by atoms with van der Waals surface area (Å²) in [6, 6.07) is 9.47. The highest BCUT2D eigenvalue weighted by Gasteiger charge is 2.07.